The summed E-state index contributed by atoms with van der Waals surface area (Å²) < 4.78 is 4.87. The number of benzene rings is 21. The van der Waals surface area contributed by atoms with Crippen molar-refractivity contribution in [1.82, 2.24) is 9.13 Å². The summed E-state index contributed by atoms with van der Waals surface area (Å²) in [5, 5.41) is 14.8. The van der Waals surface area contributed by atoms with Crippen LogP contribution in [0.4, 0.5) is 51.2 Å². The minimum absolute atomic E-state index is 0.0278. The van der Waals surface area contributed by atoms with Crippen LogP contribution in [-0.4, -0.2) is 9.13 Å². The summed E-state index contributed by atoms with van der Waals surface area (Å²) >= 11 is 0. The first-order valence-corrected chi connectivity index (χ1v) is 44.3. The van der Waals surface area contributed by atoms with Crippen molar-refractivity contribution in [1.29, 1.82) is 0 Å². The van der Waals surface area contributed by atoms with E-state index in [-0.39, 0.29) is 5.41 Å². The van der Waals surface area contributed by atoms with E-state index in [1.807, 2.05) is 0 Å². The lowest BCUT2D eigenvalue weighted by atomic mass is 9.81. The first-order chi connectivity index (χ1) is 63.1. The standard InChI is InChI=1S/C69H49N3.C54H42N2/c1-48-21-14-15-32-59(48)49-37-39-50(40-38-49)68-60-33-16-18-35-62(60)69(63-36-19-17-34-61(63)68)51-22-20-31-56(45-51)72-66-43-41-57(70(52-23-6-2-7-24-52)53-25-8-3-9-26-53)46-64(66)65-47-58(42-44-67(65)72)71(54-27-10-4-11-28-54)55-29-12-5-13-30-55;1-54(2,3)39-29-33-47-49(35-39)53(37-17-7-4-8-18-37)46-25-14-13-24-45(46)52(47)38-27-30-42(31-28-38)56-50-26-16-15-23-44(50)48-36-43(32-34-51(48)56)55(40-19-9-5-10-20-40)41-21-11-6-12-22-41/h2-47H,1H3;4-36H,1-3H3. The average molecular weight is 1640 g/mol. The zero-order valence-corrected chi connectivity index (χ0v) is 71.8. The summed E-state index contributed by atoms with van der Waals surface area (Å²) in [7, 11) is 0. The Morgan fingerprint density at radius 1 is 0.180 bits per heavy atom. The van der Waals surface area contributed by atoms with E-state index in [2.05, 4.69) is 531 Å². The maximum absolute atomic E-state index is 2.46. The first-order valence-electron chi connectivity index (χ1n) is 44.3. The van der Waals surface area contributed by atoms with E-state index in [0.717, 1.165) is 73.6 Å². The van der Waals surface area contributed by atoms with Gasteiger partial charge < -0.3 is 23.8 Å². The van der Waals surface area contributed by atoms with Crippen molar-refractivity contribution in [2.45, 2.75) is 33.1 Å². The Balaban J connectivity index is 0.000000156. The fraction of sp³-hybridized carbons (Fsp3) is 0.0407. The highest BCUT2D eigenvalue weighted by atomic mass is 15.2. The lowest BCUT2D eigenvalue weighted by Gasteiger charge is -2.26. The van der Waals surface area contributed by atoms with Crippen molar-refractivity contribution in [2.24, 2.45) is 0 Å². The lowest BCUT2D eigenvalue weighted by Crippen LogP contribution is -2.10. The normalized spacial score (nSPS) is 11.6. The van der Waals surface area contributed by atoms with E-state index in [1.54, 1.807) is 0 Å². The second kappa shape index (κ2) is 33.0. The first kappa shape index (κ1) is 77.7. The molecule has 608 valence electrons. The SMILES string of the molecule is CC(C)(C)c1ccc2c(-c3ccc(-n4c5ccccc5c5cc(N(c6ccccc6)c6ccccc6)ccc54)cc3)c3ccccc3c(-c3ccccc3)c2c1.Cc1ccccc1-c1ccc(-c2c3ccccc3c(-c3cccc(-n4c5ccc(N(c6ccccc6)c6ccccc6)cc5c5cc(N(c6ccccc6)c6ccccc6)ccc54)c3)c3ccccc23)cc1. The highest BCUT2D eigenvalue weighted by Gasteiger charge is 2.26. The summed E-state index contributed by atoms with van der Waals surface area (Å²) in [5.41, 5.74) is 31.9. The molecule has 0 aliphatic carbocycles. The van der Waals surface area contributed by atoms with Gasteiger partial charge in [-0.15, -0.1) is 0 Å². The van der Waals surface area contributed by atoms with Gasteiger partial charge in [-0.25, -0.2) is 0 Å². The van der Waals surface area contributed by atoms with Crippen molar-refractivity contribution in [3.63, 3.8) is 0 Å². The van der Waals surface area contributed by atoms with Crippen LogP contribution in [0.25, 0.3) is 154 Å². The van der Waals surface area contributed by atoms with Crippen LogP contribution in [0.1, 0.15) is 31.9 Å². The summed E-state index contributed by atoms with van der Waals surface area (Å²) in [4.78, 5) is 7.04. The van der Waals surface area contributed by atoms with Crippen LogP contribution < -0.4 is 14.7 Å². The molecule has 0 fully saturated rings. The third kappa shape index (κ3) is 14.1. The smallest absolute Gasteiger partial charge is 0.0542 e. The summed E-state index contributed by atoms with van der Waals surface area (Å²) in [6, 6.07) is 175. The maximum atomic E-state index is 2.46. The van der Waals surface area contributed by atoms with Gasteiger partial charge in [-0.1, -0.05) is 336 Å². The molecule has 0 saturated heterocycles. The Morgan fingerprint density at radius 2 is 0.477 bits per heavy atom. The number of hydrogen-bond acceptors (Lipinski definition) is 3. The number of anilines is 9. The zero-order valence-electron chi connectivity index (χ0n) is 71.8. The fourth-order valence-corrected chi connectivity index (χ4v) is 19.7. The summed E-state index contributed by atoms with van der Waals surface area (Å²) in [5.74, 6) is 0. The van der Waals surface area contributed by atoms with E-state index in [0.29, 0.717) is 0 Å². The number of para-hydroxylation sites is 7. The van der Waals surface area contributed by atoms with Crippen molar-refractivity contribution >= 4 is 138 Å². The topological polar surface area (TPSA) is 19.6 Å². The Kier molecular flexibility index (Phi) is 20.1. The molecule has 0 aliphatic rings. The van der Waals surface area contributed by atoms with Crippen molar-refractivity contribution in [3.05, 3.63) is 490 Å². The van der Waals surface area contributed by atoms with E-state index in [9.17, 15) is 0 Å². The van der Waals surface area contributed by atoms with Gasteiger partial charge in [0.25, 0.3) is 0 Å². The number of fused-ring (bicyclic) bond motifs is 10. The zero-order chi connectivity index (χ0) is 85.8. The molecule has 0 spiro atoms. The van der Waals surface area contributed by atoms with Crippen LogP contribution in [0, 0.1) is 6.92 Å². The van der Waals surface area contributed by atoms with Gasteiger partial charge in [0, 0.05) is 84.1 Å². The van der Waals surface area contributed by atoms with Crippen molar-refractivity contribution in [3.8, 4) is 67.0 Å². The quantitative estimate of drug-likeness (QED) is 0.0899. The van der Waals surface area contributed by atoms with Crippen molar-refractivity contribution < 1.29 is 0 Å². The molecular formula is C123H91N5. The molecule has 0 aliphatic heterocycles. The van der Waals surface area contributed by atoms with Gasteiger partial charge >= 0.3 is 0 Å². The Hall–Kier alpha value is -16.3. The van der Waals surface area contributed by atoms with Crippen LogP contribution in [-0.2, 0) is 5.41 Å². The van der Waals surface area contributed by atoms with E-state index >= 15 is 0 Å². The molecular weight excluding hydrogens is 1550 g/mol. The minimum Gasteiger partial charge on any atom is -0.310 e. The molecule has 2 aromatic heterocycles. The van der Waals surface area contributed by atoms with Gasteiger partial charge in [0.1, 0.15) is 0 Å². The number of aromatic nitrogens is 2. The molecule has 2 heterocycles. The Morgan fingerprint density at radius 3 is 0.883 bits per heavy atom. The van der Waals surface area contributed by atoms with E-state index in [4.69, 9.17) is 0 Å². The van der Waals surface area contributed by atoms with Gasteiger partial charge in [-0.3, -0.25) is 0 Å². The number of rotatable bonds is 16. The molecule has 0 bridgehead atoms. The van der Waals surface area contributed by atoms with Crippen LogP contribution >= 0.6 is 0 Å². The highest BCUT2D eigenvalue weighted by molar-refractivity contribution is 6.24. The highest BCUT2D eigenvalue weighted by Crippen LogP contribution is 2.51. The third-order valence-electron chi connectivity index (χ3n) is 25.6. The average Bonchev–Trinajstić information content (AvgIpc) is 1.19. The predicted octanol–water partition coefficient (Wildman–Crippen LogP) is 34.5. The number of aryl methyl sites for hydroxylation is 1. The molecule has 0 N–H and O–H groups in total. The Labute approximate surface area is 747 Å². The second-order valence-corrected chi connectivity index (χ2v) is 34.3. The fourth-order valence-electron chi connectivity index (χ4n) is 19.7. The molecule has 5 nitrogen and oxygen atoms in total. The van der Waals surface area contributed by atoms with Crippen LogP contribution in [0.3, 0.4) is 0 Å². The van der Waals surface area contributed by atoms with Gasteiger partial charge in [-0.05, 0) is 286 Å². The largest absolute Gasteiger partial charge is 0.310 e. The van der Waals surface area contributed by atoms with E-state index in [1.165, 1.54) is 142 Å². The van der Waals surface area contributed by atoms with Gasteiger partial charge in [-0.2, -0.15) is 0 Å². The van der Waals surface area contributed by atoms with Gasteiger partial charge in [0.05, 0.1) is 22.1 Å². The molecule has 128 heavy (non-hydrogen) atoms. The molecule has 23 aromatic rings. The minimum atomic E-state index is 0.0278. The van der Waals surface area contributed by atoms with Gasteiger partial charge in [0.2, 0.25) is 0 Å². The van der Waals surface area contributed by atoms with Crippen LogP contribution in [0.15, 0.2) is 479 Å². The molecule has 0 amide bonds. The summed E-state index contributed by atoms with van der Waals surface area (Å²) in [6.07, 6.45) is 0. The molecule has 21 aromatic carbocycles. The summed E-state index contributed by atoms with van der Waals surface area (Å²) in [6.45, 7) is 9.09. The van der Waals surface area contributed by atoms with Crippen LogP contribution in [0.2, 0.25) is 0 Å². The van der Waals surface area contributed by atoms with E-state index < -0.39 is 0 Å². The second-order valence-electron chi connectivity index (χ2n) is 34.3. The predicted molar refractivity (Wildman–Crippen MR) is 546 cm³/mol. The number of hydrogen-bond donors (Lipinski definition) is 0. The molecule has 0 radical (unpaired) electrons. The van der Waals surface area contributed by atoms with Gasteiger partial charge in [0.15, 0.2) is 0 Å². The third-order valence-corrected chi connectivity index (χ3v) is 25.6. The maximum Gasteiger partial charge on any atom is 0.0542 e. The van der Waals surface area contributed by atoms with Crippen molar-refractivity contribution in [2.75, 3.05) is 14.7 Å². The van der Waals surface area contributed by atoms with Crippen LogP contribution in [0.5, 0.6) is 0 Å². The molecule has 0 unspecified atom stereocenters. The molecule has 0 saturated carbocycles. The molecule has 23 rings (SSSR count). The molecule has 5 heteroatoms. The Bertz CT molecular complexity index is 7750. The monoisotopic (exact) mass is 1640 g/mol. The lowest BCUT2D eigenvalue weighted by molar-refractivity contribution is 0.591. The molecule has 0 atom stereocenters. The number of nitrogens with zero attached hydrogens (tertiary/aromatic N) is 5.